The topological polar surface area (TPSA) is 16.8 Å². The molecule has 1 aromatic carbocycles. The van der Waals surface area contributed by atoms with Gasteiger partial charge in [0.05, 0.1) is 7.05 Å². The molecule has 1 aromatic heterocycles. The first kappa shape index (κ1) is 10.4. The molecule has 1 aliphatic rings. The van der Waals surface area contributed by atoms with Gasteiger partial charge in [-0.3, -0.25) is 4.90 Å². The minimum absolute atomic E-state index is 1.07. The quantitative estimate of drug-likeness (QED) is 0.832. The first-order valence-corrected chi connectivity index (χ1v) is 6.46. The smallest absolute Gasteiger partial charge is 0.231 e. The Labute approximate surface area is 105 Å². The third-order valence-corrected chi connectivity index (χ3v) is 3.72. The van der Waals surface area contributed by atoms with Gasteiger partial charge in [0, 0.05) is 17.0 Å². The van der Waals surface area contributed by atoms with Gasteiger partial charge in [-0.1, -0.05) is 18.2 Å². The molecule has 1 aliphatic heterocycles. The van der Waals surface area contributed by atoms with Crippen molar-refractivity contribution < 1.29 is 4.90 Å². The number of amidine groups is 1. The highest BCUT2D eigenvalue weighted by Crippen LogP contribution is 2.24. The van der Waals surface area contributed by atoms with Gasteiger partial charge in [0.15, 0.2) is 5.69 Å². The van der Waals surface area contributed by atoms with E-state index in [1.54, 1.807) is 11.3 Å². The third kappa shape index (κ3) is 1.95. The Morgan fingerprint density at radius 3 is 2.76 bits per heavy atom. The summed E-state index contributed by atoms with van der Waals surface area (Å²) < 4.78 is 0. The molecule has 2 nitrogen and oxygen atoms in total. The molecular weight excluding hydrogens is 228 g/mol. The van der Waals surface area contributed by atoms with E-state index in [4.69, 9.17) is 0 Å². The van der Waals surface area contributed by atoms with E-state index < -0.39 is 0 Å². The summed E-state index contributed by atoms with van der Waals surface area (Å²) in [5.41, 5.74) is 2.33. The molecule has 0 spiro atoms. The van der Waals surface area contributed by atoms with Crippen LogP contribution in [-0.4, -0.2) is 12.9 Å². The summed E-state index contributed by atoms with van der Waals surface area (Å²) in [6.45, 7) is 0. The minimum atomic E-state index is 1.07. The molecule has 17 heavy (non-hydrogen) atoms. The number of fused-ring (bicyclic) bond motifs is 1. The van der Waals surface area contributed by atoms with Gasteiger partial charge in [0.25, 0.3) is 0 Å². The van der Waals surface area contributed by atoms with E-state index in [9.17, 15) is 0 Å². The van der Waals surface area contributed by atoms with Crippen LogP contribution < -0.4 is 4.90 Å². The van der Waals surface area contributed by atoms with Gasteiger partial charge in [0.2, 0.25) is 5.84 Å². The van der Waals surface area contributed by atoms with E-state index in [1.807, 2.05) is 6.07 Å². The Hall–Kier alpha value is -1.71. The van der Waals surface area contributed by atoms with Crippen LogP contribution in [0.15, 0.2) is 52.8 Å². The standard InChI is InChI=1S/C14H12N2S/c1-16-13-7-3-2-6-12(13)15-14(16)9-8-11-5-4-10-17-11/h2-10H,1H3/p+1. The highest BCUT2D eigenvalue weighted by molar-refractivity contribution is 7.10. The van der Waals surface area contributed by atoms with Gasteiger partial charge in [-0.25, -0.2) is 0 Å². The van der Waals surface area contributed by atoms with Gasteiger partial charge in [-0.15, -0.1) is 11.3 Å². The highest BCUT2D eigenvalue weighted by atomic mass is 32.1. The highest BCUT2D eigenvalue weighted by Gasteiger charge is 2.23. The molecule has 0 bridgehead atoms. The SMILES string of the molecule is C[NH+]1C(C=Cc2cccs2)=Nc2ccccc21. The predicted octanol–water partition coefficient (Wildman–Crippen LogP) is 2.65. The number of nitrogens with zero attached hydrogens (tertiary/aromatic N) is 1. The van der Waals surface area contributed by atoms with Crippen molar-refractivity contribution in [2.45, 2.75) is 0 Å². The van der Waals surface area contributed by atoms with Crippen LogP contribution in [0, 0.1) is 0 Å². The maximum Gasteiger partial charge on any atom is 0.231 e. The van der Waals surface area contributed by atoms with Gasteiger partial charge in [-0.05, 0) is 23.6 Å². The lowest BCUT2D eigenvalue weighted by Gasteiger charge is -2.05. The second-order valence-corrected chi connectivity index (χ2v) is 4.97. The first-order chi connectivity index (χ1) is 8.34. The van der Waals surface area contributed by atoms with E-state index in [2.05, 4.69) is 59.9 Å². The van der Waals surface area contributed by atoms with Gasteiger partial charge in [0.1, 0.15) is 5.69 Å². The van der Waals surface area contributed by atoms with E-state index in [0.29, 0.717) is 0 Å². The number of para-hydroxylation sites is 2. The van der Waals surface area contributed by atoms with Crippen molar-refractivity contribution in [1.29, 1.82) is 0 Å². The first-order valence-electron chi connectivity index (χ1n) is 5.58. The summed E-state index contributed by atoms with van der Waals surface area (Å²) in [6.07, 6.45) is 4.22. The average Bonchev–Trinajstić information content (AvgIpc) is 2.96. The zero-order chi connectivity index (χ0) is 11.7. The van der Waals surface area contributed by atoms with Crippen molar-refractivity contribution in [3.63, 3.8) is 0 Å². The number of likely N-dealkylation sites (N-methyl/N-ethyl adjacent to an activating group) is 1. The Morgan fingerprint density at radius 1 is 1.12 bits per heavy atom. The largest absolute Gasteiger partial charge is 0.254 e. The molecule has 0 radical (unpaired) electrons. The van der Waals surface area contributed by atoms with E-state index in [0.717, 1.165) is 11.5 Å². The normalized spacial score (nSPS) is 18.4. The molecule has 0 amide bonds. The average molecular weight is 241 g/mol. The Bertz CT molecular complexity index is 582. The van der Waals surface area contributed by atoms with Gasteiger partial charge >= 0.3 is 0 Å². The molecule has 0 saturated carbocycles. The van der Waals surface area contributed by atoms with Crippen LogP contribution >= 0.6 is 11.3 Å². The maximum absolute atomic E-state index is 4.63. The number of rotatable bonds is 2. The van der Waals surface area contributed by atoms with Crippen LogP contribution in [0.2, 0.25) is 0 Å². The van der Waals surface area contributed by atoms with Crippen LogP contribution in [0.4, 0.5) is 11.4 Å². The third-order valence-electron chi connectivity index (χ3n) is 2.88. The van der Waals surface area contributed by atoms with Crippen LogP contribution in [0.1, 0.15) is 4.88 Å². The summed E-state index contributed by atoms with van der Waals surface area (Å²) in [5, 5.41) is 2.08. The number of hydrogen-bond acceptors (Lipinski definition) is 2. The summed E-state index contributed by atoms with van der Waals surface area (Å²) in [4.78, 5) is 7.15. The number of aliphatic imine (C=N–C) groups is 1. The molecule has 0 aliphatic carbocycles. The van der Waals surface area contributed by atoms with Crippen LogP contribution in [-0.2, 0) is 0 Å². The monoisotopic (exact) mass is 241 g/mol. The van der Waals surface area contributed by atoms with E-state index >= 15 is 0 Å². The number of nitrogens with one attached hydrogen (secondary N) is 1. The molecule has 2 heterocycles. The van der Waals surface area contributed by atoms with Crippen molar-refractivity contribution in [2.24, 2.45) is 4.99 Å². The Kier molecular flexibility index (Phi) is 2.63. The summed E-state index contributed by atoms with van der Waals surface area (Å²) in [7, 11) is 2.13. The summed E-state index contributed by atoms with van der Waals surface area (Å²) >= 11 is 1.74. The number of thiophene rings is 1. The molecular formula is C14H13N2S+. The molecule has 3 heteroatoms. The molecule has 1 unspecified atom stereocenters. The zero-order valence-electron chi connectivity index (χ0n) is 9.55. The number of hydrogen-bond donors (Lipinski definition) is 1. The second-order valence-electron chi connectivity index (χ2n) is 3.99. The molecule has 3 rings (SSSR count). The van der Waals surface area contributed by atoms with Crippen LogP contribution in [0.3, 0.4) is 0 Å². The van der Waals surface area contributed by atoms with Gasteiger partial charge in [-0.2, -0.15) is 4.99 Å². The van der Waals surface area contributed by atoms with Crippen molar-refractivity contribution in [2.75, 3.05) is 7.05 Å². The number of benzene rings is 1. The molecule has 1 N–H and O–H groups in total. The number of quaternary nitrogens is 1. The van der Waals surface area contributed by atoms with Crippen molar-refractivity contribution >= 4 is 34.6 Å². The minimum Gasteiger partial charge on any atom is -0.254 e. The van der Waals surface area contributed by atoms with Crippen molar-refractivity contribution in [1.82, 2.24) is 0 Å². The second kappa shape index (κ2) is 4.28. The molecule has 1 atom stereocenters. The Morgan fingerprint density at radius 2 is 2.00 bits per heavy atom. The zero-order valence-corrected chi connectivity index (χ0v) is 10.4. The fourth-order valence-corrected chi connectivity index (χ4v) is 2.57. The van der Waals surface area contributed by atoms with Crippen LogP contribution in [0.25, 0.3) is 6.08 Å². The summed E-state index contributed by atoms with van der Waals surface area (Å²) in [6, 6.07) is 12.4. The molecule has 0 fully saturated rings. The van der Waals surface area contributed by atoms with Gasteiger partial charge < -0.3 is 0 Å². The molecule has 0 saturated heterocycles. The lowest BCUT2D eigenvalue weighted by Crippen LogP contribution is -3.05. The maximum atomic E-state index is 4.63. The molecule has 2 aromatic rings. The lowest BCUT2D eigenvalue weighted by atomic mass is 10.3. The van der Waals surface area contributed by atoms with Crippen LogP contribution in [0.5, 0.6) is 0 Å². The van der Waals surface area contributed by atoms with Crippen molar-refractivity contribution in [3.8, 4) is 0 Å². The predicted molar refractivity (Wildman–Crippen MR) is 73.4 cm³/mol. The fourth-order valence-electron chi connectivity index (χ4n) is 1.95. The Balaban J connectivity index is 1.88. The summed E-state index contributed by atoms with van der Waals surface area (Å²) in [5.74, 6) is 1.07. The van der Waals surface area contributed by atoms with Crippen molar-refractivity contribution in [3.05, 3.63) is 52.7 Å². The van der Waals surface area contributed by atoms with E-state index in [-0.39, 0.29) is 0 Å². The molecule has 84 valence electrons. The lowest BCUT2D eigenvalue weighted by molar-refractivity contribution is -0.700. The fraction of sp³-hybridized carbons (Fsp3) is 0.0714. The van der Waals surface area contributed by atoms with E-state index in [1.165, 1.54) is 15.5 Å².